The highest BCUT2D eigenvalue weighted by Gasteiger charge is 2.57. The first-order valence-electron chi connectivity index (χ1n) is 11.4. The molecule has 0 spiro atoms. The van der Waals surface area contributed by atoms with Crippen molar-refractivity contribution in [2.24, 2.45) is 0 Å². The molecule has 3 aromatic rings. The van der Waals surface area contributed by atoms with Gasteiger partial charge in [0.15, 0.2) is 0 Å². The first-order chi connectivity index (χ1) is 16.2. The van der Waals surface area contributed by atoms with Crippen molar-refractivity contribution in [3.63, 3.8) is 0 Å². The first kappa shape index (κ1) is 23.3. The minimum absolute atomic E-state index is 0.0389. The first-order valence-corrected chi connectivity index (χ1v) is 12.3. The lowest BCUT2D eigenvalue weighted by Crippen LogP contribution is -2.54. The number of benzene rings is 2. The maximum Gasteiger partial charge on any atom is 0.434 e. The molecule has 1 aliphatic carbocycles. The van der Waals surface area contributed by atoms with Gasteiger partial charge in [0.05, 0.1) is 11.0 Å². The molecule has 1 saturated heterocycles. The molecule has 180 valence electrons. The Labute approximate surface area is 200 Å². The molecule has 9 heteroatoms. The molecule has 2 aromatic carbocycles. The van der Waals surface area contributed by atoms with Crippen LogP contribution in [0.5, 0.6) is 0 Å². The summed E-state index contributed by atoms with van der Waals surface area (Å²) in [5.74, 6) is -1.95. The van der Waals surface area contributed by atoms with Crippen molar-refractivity contribution in [2.45, 2.75) is 68.4 Å². The van der Waals surface area contributed by atoms with E-state index in [1.165, 1.54) is 17.7 Å². The molecule has 2 heterocycles. The molecular formula is C25H27F2N3O3S. The van der Waals surface area contributed by atoms with Gasteiger partial charge in [0, 0.05) is 29.0 Å². The summed E-state index contributed by atoms with van der Waals surface area (Å²) in [7, 11) is 0. The Morgan fingerprint density at radius 2 is 1.94 bits per heavy atom. The van der Waals surface area contributed by atoms with Crippen LogP contribution in [0.15, 0.2) is 51.7 Å². The molecule has 1 aromatic heterocycles. The minimum atomic E-state index is -1.20. The second kappa shape index (κ2) is 8.62. The molecule has 2 atom stereocenters. The van der Waals surface area contributed by atoms with Gasteiger partial charge in [0.2, 0.25) is 5.89 Å². The van der Waals surface area contributed by atoms with Crippen LogP contribution in [0.2, 0.25) is 0 Å². The highest BCUT2D eigenvalue weighted by molar-refractivity contribution is 7.97. The van der Waals surface area contributed by atoms with Crippen molar-refractivity contribution in [2.75, 3.05) is 0 Å². The van der Waals surface area contributed by atoms with E-state index in [4.69, 9.17) is 4.42 Å². The molecule has 1 aliphatic heterocycles. The zero-order chi connectivity index (χ0) is 24.1. The molecule has 2 N–H and O–H groups in total. The number of nitrogens with zero attached hydrogens (tertiary/aromatic N) is 2. The zero-order valence-electron chi connectivity index (χ0n) is 19.1. The highest BCUT2D eigenvalue weighted by Crippen LogP contribution is 2.54. The molecule has 5 rings (SSSR count). The lowest BCUT2D eigenvalue weighted by atomic mass is 9.56. The maximum atomic E-state index is 15.5. The van der Waals surface area contributed by atoms with Gasteiger partial charge < -0.3 is 9.52 Å². The summed E-state index contributed by atoms with van der Waals surface area (Å²) in [4.78, 5) is 11.5. The molecule has 0 amide bonds. The Bertz CT molecular complexity index is 1240. The fourth-order valence-electron chi connectivity index (χ4n) is 5.33. The van der Waals surface area contributed by atoms with E-state index < -0.39 is 28.4 Å². The molecule has 34 heavy (non-hydrogen) atoms. The number of hydrogen-bond donors (Lipinski definition) is 2. The van der Waals surface area contributed by atoms with Gasteiger partial charge in [-0.2, -0.15) is 0 Å². The quantitative estimate of drug-likeness (QED) is 0.501. The largest absolute Gasteiger partial charge is 0.434 e. The summed E-state index contributed by atoms with van der Waals surface area (Å²) in [6.07, 6.45) is 2.13. The van der Waals surface area contributed by atoms with E-state index in [1.807, 2.05) is 18.2 Å². The molecule has 2 aliphatic rings. The number of hydrogen-bond acceptors (Lipinski definition) is 6. The van der Waals surface area contributed by atoms with Crippen LogP contribution >= 0.6 is 11.9 Å². The van der Waals surface area contributed by atoms with Gasteiger partial charge in [-0.3, -0.25) is 0 Å². The summed E-state index contributed by atoms with van der Waals surface area (Å²) in [6, 6.07) is 12.8. The number of aromatic nitrogens is 2. The molecule has 0 radical (unpaired) electrons. The third kappa shape index (κ3) is 4.21. The van der Waals surface area contributed by atoms with E-state index in [0.717, 1.165) is 12.8 Å². The predicted octanol–water partition coefficient (Wildman–Crippen LogP) is 4.85. The van der Waals surface area contributed by atoms with Gasteiger partial charge in [0.1, 0.15) is 11.6 Å². The van der Waals surface area contributed by atoms with E-state index in [1.54, 1.807) is 18.9 Å². The van der Waals surface area contributed by atoms with E-state index >= 15 is 8.78 Å². The zero-order valence-corrected chi connectivity index (χ0v) is 19.9. The monoisotopic (exact) mass is 487 g/mol. The van der Waals surface area contributed by atoms with Crippen LogP contribution in [0, 0.1) is 11.6 Å². The van der Waals surface area contributed by atoms with Crippen LogP contribution in [0.1, 0.15) is 67.4 Å². The van der Waals surface area contributed by atoms with Crippen molar-refractivity contribution in [1.29, 1.82) is 0 Å². The fraction of sp³-hybridized carbons (Fsp3) is 0.440. The van der Waals surface area contributed by atoms with Crippen molar-refractivity contribution < 1.29 is 18.3 Å². The van der Waals surface area contributed by atoms with E-state index in [2.05, 4.69) is 33.6 Å². The van der Waals surface area contributed by atoms with Gasteiger partial charge in [-0.25, -0.2) is 23.0 Å². The van der Waals surface area contributed by atoms with Crippen LogP contribution < -0.4 is 5.76 Å². The van der Waals surface area contributed by atoms with Gasteiger partial charge in [-0.15, -0.1) is 5.10 Å². The fourth-order valence-corrected chi connectivity index (χ4v) is 6.70. The van der Waals surface area contributed by atoms with Crippen molar-refractivity contribution >= 4 is 11.9 Å². The van der Waals surface area contributed by atoms with Crippen LogP contribution in [0.25, 0.3) is 0 Å². The second-order valence-corrected chi connectivity index (χ2v) is 11.0. The number of halogens is 2. The summed E-state index contributed by atoms with van der Waals surface area (Å²) in [5.41, 5.74) is -0.759. The third-order valence-electron chi connectivity index (χ3n) is 6.96. The number of aliphatic hydroxyl groups is 1. The van der Waals surface area contributed by atoms with Crippen LogP contribution in [0.4, 0.5) is 8.78 Å². The third-order valence-corrected chi connectivity index (χ3v) is 8.48. The van der Waals surface area contributed by atoms with Crippen molar-refractivity contribution in [1.82, 2.24) is 14.5 Å². The Morgan fingerprint density at radius 3 is 2.59 bits per heavy atom. The predicted molar refractivity (Wildman–Crippen MR) is 125 cm³/mol. The maximum absolute atomic E-state index is 15.5. The van der Waals surface area contributed by atoms with Crippen LogP contribution in [-0.4, -0.2) is 31.3 Å². The Morgan fingerprint density at radius 1 is 1.21 bits per heavy atom. The topological polar surface area (TPSA) is 82.4 Å². The number of aromatic amines is 1. The van der Waals surface area contributed by atoms with Crippen molar-refractivity contribution in [3.8, 4) is 0 Å². The normalized spacial score (nSPS) is 29.7. The number of rotatable bonds is 5. The van der Waals surface area contributed by atoms with E-state index in [-0.39, 0.29) is 47.7 Å². The Kier molecular flexibility index (Phi) is 5.90. The SMILES string of the molecule is C[C@H]1CCC(c2ccccc2)SN1Cc1cc(F)c(C2(c3n[nH]c(=O)o3)CC(C)(O)C2)cc1F. The van der Waals surface area contributed by atoms with E-state index in [0.29, 0.717) is 0 Å². The average Bonchev–Trinajstić information content (AvgIpc) is 3.23. The second-order valence-electron chi connectivity index (χ2n) is 9.78. The van der Waals surface area contributed by atoms with Gasteiger partial charge in [-0.1, -0.05) is 42.3 Å². The van der Waals surface area contributed by atoms with Gasteiger partial charge in [-0.05, 0) is 57.2 Å². The lowest BCUT2D eigenvalue weighted by Gasteiger charge is -2.49. The van der Waals surface area contributed by atoms with Crippen LogP contribution in [0.3, 0.4) is 0 Å². The Balaban J connectivity index is 1.42. The Hall–Kier alpha value is -2.49. The summed E-state index contributed by atoms with van der Waals surface area (Å²) in [6.45, 7) is 3.97. The highest BCUT2D eigenvalue weighted by atomic mass is 32.2. The smallest absolute Gasteiger partial charge is 0.391 e. The molecular weight excluding hydrogens is 460 g/mol. The molecule has 0 bridgehead atoms. The van der Waals surface area contributed by atoms with Crippen LogP contribution in [-0.2, 0) is 12.0 Å². The average molecular weight is 488 g/mol. The molecule has 6 nitrogen and oxygen atoms in total. The molecule has 1 unspecified atom stereocenters. The summed E-state index contributed by atoms with van der Waals surface area (Å²) in [5, 5.41) is 16.7. The lowest BCUT2D eigenvalue weighted by molar-refractivity contribution is -0.0705. The number of H-pyrrole nitrogens is 1. The molecule has 2 fully saturated rings. The summed E-state index contributed by atoms with van der Waals surface area (Å²) < 4.78 is 38.0. The number of nitrogens with one attached hydrogen (secondary N) is 1. The van der Waals surface area contributed by atoms with E-state index in [9.17, 15) is 9.90 Å². The molecule has 1 saturated carbocycles. The van der Waals surface area contributed by atoms with Crippen molar-refractivity contribution in [3.05, 3.63) is 87.2 Å². The summed E-state index contributed by atoms with van der Waals surface area (Å²) >= 11 is 1.67. The standard InChI is InChI=1S/C25H27F2N3O3S/c1-15-8-9-21(16-6-4-3-5-7-16)34-30(15)12-17-10-20(27)18(11-19(17)26)25(13-24(2,32)14-25)22-28-29-23(31)33-22/h3-7,10-11,15,21,32H,8-9,12-14H2,1-2H3,(H,29,31)/t15-,21?,24?,25?/m0/s1. The minimum Gasteiger partial charge on any atom is -0.391 e. The van der Waals surface area contributed by atoms with Gasteiger partial charge >= 0.3 is 5.76 Å². The van der Waals surface area contributed by atoms with Gasteiger partial charge in [0.25, 0.3) is 0 Å².